The summed E-state index contributed by atoms with van der Waals surface area (Å²) in [6.45, 7) is 2.11. The highest BCUT2D eigenvalue weighted by molar-refractivity contribution is 6.20. The van der Waals surface area contributed by atoms with Crippen LogP contribution >= 0.6 is 11.6 Å². The van der Waals surface area contributed by atoms with Gasteiger partial charge in [0.05, 0.1) is 0 Å². The largest absolute Gasteiger partial charge is 0.241 e. The van der Waals surface area contributed by atoms with Crippen LogP contribution in [-0.4, -0.2) is 15.3 Å². The summed E-state index contributed by atoms with van der Waals surface area (Å²) in [6.07, 6.45) is 7.05. The van der Waals surface area contributed by atoms with Gasteiger partial charge in [-0.1, -0.05) is 6.92 Å². The van der Waals surface area contributed by atoms with Crippen molar-refractivity contribution in [2.45, 2.75) is 44.4 Å². The maximum atomic E-state index is 6.14. The van der Waals surface area contributed by atoms with Gasteiger partial charge >= 0.3 is 0 Å². The van der Waals surface area contributed by atoms with Crippen LogP contribution in [0.1, 0.15) is 36.7 Å². The van der Waals surface area contributed by atoms with Crippen LogP contribution in [0.15, 0.2) is 6.33 Å². The lowest BCUT2D eigenvalue weighted by Gasteiger charge is -2.09. The Morgan fingerprint density at radius 1 is 1.43 bits per heavy atom. The van der Waals surface area contributed by atoms with Crippen LogP contribution in [0.2, 0.25) is 0 Å². The molecule has 0 bridgehead atoms. The molecule has 1 aliphatic carbocycles. The summed E-state index contributed by atoms with van der Waals surface area (Å²) in [5, 5.41) is 0.217. The first-order valence-electron chi connectivity index (χ1n) is 5.27. The molecule has 0 N–H and O–H groups in total. The van der Waals surface area contributed by atoms with Gasteiger partial charge in [0.25, 0.3) is 0 Å². The van der Waals surface area contributed by atoms with Crippen molar-refractivity contribution < 1.29 is 0 Å². The Hall–Kier alpha value is -0.630. The molecule has 1 aliphatic rings. The van der Waals surface area contributed by atoms with E-state index >= 15 is 0 Å². The molecule has 0 saturated carbocycles. The molecule has 1 unspecified atom stereocenters. The third-order valence-corrected chi connectivity index (χ3v) is 3.28. The molecule has 2 rings (SSSR count). The van der Waals surface area contributed by atoms with Crippen LogP contribution in [0, 0.1) is 0 Å². The zero-order chi connectivity index (χ0) is 9.97. The molecule has 14 heavy (non-hydrogen) atoms. The second-order valence-corrected chi connectivity index (χ2v) is 4.43. The molecule has 0 saturated heterocycles. The van der Waals surface area contributed by atoms with Gasteiger partial charge in [-0.3, -0.25) is 0 Å². The first-order chi connectivity index (χ1) is 6.81. The second-order valence-electron chi connectivity index (χ2n) is 3.81. The van der Waals surface area contributed by atoms with Gasteiger partial charge in [-0.2, -0.15) is 0 Å². The van der Waals surface area contributed by atoms with E-state index in [1.54, 1.807) is 6.33 Å². The van der Waals surface area contributed by atoms with Gasteiger partial charge < -0.3 is 0 Å². The van der Waals surface area contributed by atoms with Gasteiger partial charge in [0, 0.05) is 23.2 Å². The Morgan fingerprint density at radius 2 is 2.29 bits per heavy atom. The van der Waals surface area contributed by atoms with Crippen molar-refractivity contribution in [3.63, 3.8) is 0 Å². The minimum absolute atomic E-state index is 0.217. The zero-order valence-corrected chi connectivity index (χ0v) is 9.22. The summed E-state index contributed by atoms with van der Waals surface area (Å²) in [5.74, 6) is 0. The summed E-state index contributed by atoms with van der Waals surface area (Å²) in [5.41, 5.74) is 3.79. The molecule has 1 atom stereocenters. The minimum Gasteiger partial charge on any atom is -0.241 e. The van der Waals surface area contributed by atoms with E-state index in [4.69, 9.17) is 11.6 Å². The Kier molecular flexibility index (Phi) is 3.02. The zero-order valence-electron chi connectivity index (χ0n) is 8.46. The molecule has 1 aromatic rings. The lowest BCUT2D eigenvalue weighted by Crippen LogP contribution is -2.07. The molecule has 1 heterocycles. The minimum atomic E-state index is 0.217. The van der Waals surface area contributed by atoms with E-state index < -0.39 is 0 Å². The normalized spacial score (nSPS) is 16.7. The third kappa shape index (κ3) is 1.90. The van der Waals surface area contributed by atoms with Crippen LogP contribution in [0.3, 0.4) is 0 Å². The average molecular weight is 211 g/mol. The van der Waals surface area contributed by atoms with Crippen LogP contribution < -0.4 is 0 Å². The van der Waals surface area contributed by atoms with E-state index in [0.29, 0.717) is 0 Å². The van der Waals surface area contributed by atoms with Gasteiger partial charge in [0.1, 0.15) is 6.33 Å². The quantitative estimate of drug-likeness (QED) is 0.717. The molecule has 0 aromatic carbocycles. The topological polar surface area (TPSA) is 25.8 Å². The van der Waals surface area contributed by atoms with E-state index in [0.717, 1.165) is 25.7 Å². The van der Waals surface area contributed by atoms with Crippen molar-refractivity contribution >= 4 is 11.6 Å². The van der Waals surface area contributed by atoms with Gasteiger partial charge in [0.15, 0.2) is 0 Å². The lowest BCUT2D eigenvalue weighted by atomic mass is 10.1. The maximum Gasteiger partial charge on any atom is 0.115 e. The Bertz CT molecular complexity index is 325. The van der Waals surface area contributed by atoms with Crippen molar-refractivity contribution in [2.24, 2.45) is 0 Å². The van der Waals surface area contributed by atoms with Crippen molar-refractivity contribution in [2.75, 3.05) is 0 Å². The molecule has 76 valence electrons. The second kappa shape index (κ2) is 4.26. The monoisotopic (exact) mass is 210 g/mol. The van der Waals surface area contributed by atoms with Crippen molar-refractivity contribution in [1.82, 2.24) is 9.97 Å². The van der Waals surface area contributed by atoms with Crippen LogP contribution in [0.5, 0.6) is 0 Å². The highest BCUT2D eigenvalue weighted by Gasteiger charge is 2.18. The molecule has 0 radical (unpaired) electrons. The van der Waals surface area contributed by atoms with Crippen LogP contribution in [-0.2, 0) is 19.3 Å². The molecule has 0 spiro atoms. The first kappa shape index (κ1) is 9.91. The van der Waals surface area contributed by atoms with Crippen molar-refractivity contribution in [3.05, 3.63) is 23.3 Å². The number of fused-ring (bicyclic) bond motifs is 1. The Morgan fingerprint density at radius 3 is 3.07 bits per heavy atom. The van der Waals surface area contributed by atoms with Gasteiger partial charge in [-0.25, -0.2) is 9.97 Å². The predicted octanol–water partition coefficient (Wildman–Crippen LogP) is 2.53. The smallest absolute Gasteiger partial charge is 0.115 e. The molecule has 1 aromatic heterocycles. The highest BCUT2D eigenvalue weighted by Crippen LogP contribution is 2.23. The SMILES string of the molecule is CCC(Cl)Cc1ncnc2c1CCC2. The maximum absolute atomic E-state index is 6.14. The van der Waals surface area contributed by atoms with E-state index in [1.165, 1.54) is 23.4 Å². The Balaban J connectivity index is 2.22. The molecule has 0 amide bonds. The lowest BCUT2D eigenvalue weighted by molar-refractivity contribution is 0.771. The molecule has 2 nitrogen and oxygen atoms in total. The molecular formula is C11H15ClN2. The predicted molar refractivity (Wildman–Crippen MR) is 57.7 cm³/mol. The molecule has 3 heteroatoms. The number of hydrogen-bond acceptors (Lipinski definition) is 2. The fourth-order valence-electron chi connectivity index (χ4n) is 1.96. The number of aromatic nitrogens is 2. The Labute approximate surface area is 89.7 Å². The molecule has 0 aliphatic heterocycles. The van der Waals surface area contributed by atoms with Crippen LogP contribution in [0.4, 0.5) is 0 Å². The van der Waals surface area contributed by atoms with E-state index in [-0.39, 0.29) is 5.38 Å². The summed E-state index contributed by atoms with van der Waals surface area (Å²) in [7, 11) is 0. The summed E-state index contributed by atoms with van der Waals surface area (Å²) in [4.78, 5) is 8.64. The number of alkyl halides is 1. The van der Waals surface area contributed by atoms with Crippen molar-refractivity contribution in [3.8, 4) is 0 Å². The number of hydrogen-bond donors (Lipinski definition) is 0. The van der Waals surface area contributed by atoms with E-state index in [1.807, 2.05) is 0 Å². The molecule has 0 fully saturated rings. The number of rotatable bonds is 3. The summed E-state index contributed by atoms with van der Waals surface area (Å²) in [6, 6.07) is 0. The standard InChI is InChI=1S/C11H15ClN2/c1-2-8(12)6-11-9-4-3-5-10(9)13-7-14-11/h7-8H,2-6H2,1H3. The summed E-state index contributed by atoms with van der Waals surface area (Å²) < 4.78 is 0. The molecular weight excluding hydrogens is 196 g/mol. The van der Waals surface area contributed by atoms with Gasteiger partial charge in [0.2, 0.25) is 0 Å². The number of nitrogens with zero attached hydrogens (tertiary/aromatic N) is 2. The van der Waals surface area contributed by atoms with Crippen LogP contribution in [0.25, 0.3) is 0 Å². The third-order valence-electron chi connectivity index (χ3n) is 2.82. The summed E-state index contributed by atoms with van der Waals surface area (Å²) >= 11 is 6.14. The fourth-order valence-corrected chi connectivity index (χ4v) is 2.10. The van der Waals surface area contributed by atoms with Gasteiger partial charge in [-0.15, -0.1) is 11.6 Å². The first-order valence-corrected chi connectivity index (χ1v) is 5.70. The van der Waals surface area contributed by atoms with Crippen molar-refractivity contribution in [1.29, 1.82) is 0 Å². The average Bonchev–Trinajstić information content (AvgIpc) is 2.66. The highest BCUT2D eigenvalue weighted by atomic mass is 35.5. The van der Waals surface area contributed by atoms with E-state index in [9.17, 15) is 0 Å². The fraction of sp³-hybridized carbons (Fsp3) is 0.636. The van der Waals surface area contributed by atoms with E-state index in [2.05, 4.69) is 16.9 Å². The number of aryl methyl sites for hydroxylation is 1. The van der Waals surface area contributed by atoms with Gasteiger partial charge in [-0.05, 0) is 31.2 Å². The number of halogens is 1.